The van der Waals surface area contributed by atoms with Crippen LogP contribution >= 0.6 is 0 Å². The van der Waals surface area contributed by atoms with Crippen molar-refractivity contribution < 1.29 is 4.74 Å². The van der Waals surface area contributed by atoms with Crippen LogP contribution in [0.4, 0.5) is 0 Å². The average Bonchev–Trinajstić information content (AvgIpc) is 2.68. The van der Waals surface area contributed by atoms with E-state index in [1.54, 1.807) is 0 Å². The van der Waals surface area contributed by atoms with Gasteiger partial charge in [-0.05, 0) is 103 Å². The lowest BCUT2D eigenvalue weighted by atomic mass is 9.33. The van der Waals surface area contributed by atoms with E-state index in [4.69, 9.17) is 4.74 Å². The summed E-state index contributed by atoms with van der Waals surface area (Å²) in [6.07, 6.45) is 17.0. The molecule has 0 aromatic rings. The van der Waals surface area contributed by atoms with Crippen molar-refractivity contribution in [2.45, 2.75) is 126 Å². The van der Waals surface area contributed by atoms with Gasteiger partial charge in [-0.1, -0.05) is 73.5 Å². The Hall–Kier alpha value is -0.300. The molecule has 4 saturated carbocycles. The maximum atomic E-state index is 6.23. The van der Waals surface area contributed by atoms with Crippen molar-refractivity contribution in [2.75, 3.05) is 7.11 Å². The van der Waals surface area contributed by atoms with E-state index >= 15 is 0 Å². The van der Waals surface area contributed by atoms with Crippen molar-refractivity contribution in [1.29, 1.82) is 0 Å². The summed E-state index contributed by atoms with van der Waals surface area (Å²) in [6, 6.07) is 0. The zero-order valence-electron chi connectivity index (χ0n) is 22.9. The number of rotatable bonds is 1. The minimum absolute atomic E-state index is 0.312. The van der Waals surface area contributed by atoms with E-state index in [0.717, 1.165) is 11.8 Å². The van der Waals surface area contributed by atoms with E-state index in [9.17, 15) is 0 Å². The van der Waals surface area contributed by atoms with E-state index in [2.05, 4.69) is 61.5 Å². The highest BCUT2D eigenvalue weighted by atomic mass is 16.5. The van der Waals surface area contributed by atoms with Gasteiger partial charge in [0.2, 0.25) is 0 Å². The number of fused-ring (bicyclic) bond motifs is 7. The normalized spacial score (nSPS) is 53.8. The predicted octanol–water partition coefficient (Wildman–Crippen LogP) is 8.82. The minimum Gasteiger partial charge on any atom is -0.381 e. The molecule has 8 atom stereocenters. The van der Waals surface area contributed by atoms with Crippen LogP contribution in [-0.2, 0) is 4.74 Å². The van der Waals surface area contributed by atoms with Gasteiger partial charge in [0.05, 0.1) is 6.10 Å². The summed E-state index contributed by atoms with van der Waals surface area (Å²) in [5, 5.41) is 0. The van der Waals surface area contributed by atoms with E-state index in [-0.39, 0.29) is 0 Å². The molecule has 0 aromatic heterocycles. The van der Waals surface area contributed by atoms with Crippen LogP contribution in [-0.4, -0.2) is 13.2 Å². The molecule has 0 heterocycles. The molecule has 5 aliphatic carbocycles. The molecule has 1 nitrogen and oxygen atoms in total. The van der Waals surface area contributed by atoms with Crippen molar-refractivity contribution in [3.8, 4) is 0 Å². The Bertz CT molecular complexity index is 805. The highest BCUT2D eigenvalue weighted by Gasteiger charge is 2.67. The summed E-state index contributed by atoms with van der Waals surface area (Å²) in [4.78, 5) is 0. The van der Waals surface area contributed by atoms with E-state index in [0.29, 0.717) is 44.5 Å². The molecule has 0 aliphatic heterocycles. The quantitative estimate of drug-likeness (QED) is 0.370. The second kappa shape index (κ2) is 6.89. The van der Waals surface area contributed by atoms with Gasteiger partial charge in [0.25, 0.3) is 0 Å². The van der Waals surface area contributed by atoms with Gasteiger partial charge < -0.3 is 4.74 Å². The molecule has 1 heteroatoms. The topological polar surface area (TPSA) is 9.23 Å². The van der Waals surface area contributed by atoms with Crippen molar-refractivity contribution in [3.63, 3.8) is 0 Å². The highest BCUT2D eigenvalue weighted by molar-refractivity contribution is 5.34. The Morgan fingerprint density at radius 3 is 2.19 bits per heavy atom. The summed E-state index contributed by atoms with van der Waals surface area (Å²) < 4.78 is 6.23. The van der Waals surface area contributed by atoms with Gasteiger partial charge in [-0.3, -0.25) is 0 Å². The van der Waals surface area contributed by atoms with Crippen molar-refractivity contribution in [1.82, 2.24) is 0 Å². The third-order valence-electron chi connectivity index (χ3n) is 13.1. The Balaban J connectivity index is 1.59. The van der Waals surface area contributed by atoms with E-state index in [1.165, 1.54) is 64.2 Å². The molecule has 0 spiro atoms. The van der Waals surface area contributed by atoms with Crippen molar-refractivity contribution in [2.24, 2.45) is 50.2 Å². The van der Waals surface area contributed by atoms with Crippen LogP contribution in [0, 0.1) is 50.2 Å². The first-order valence-electron chi connectivity index (χ1n) is 14.0. The Morgan fingerprint density at radius 2 is 1.50 bits per heavy atom. The van der Waals surface area contributed by atoms with Gasteiger partial charge in [-0.15, -0.1) is 0 Å². The van der Waals surface area contributed by atoms with Gasteiger partial charge in [0, 0.05) is 12.5 Å². The SMILES string of the molecule is CO[C@@H]1CC(C)(C)C[C@@H]2C3=CC[C@@H]4[C@@]5(C)CCCC(C)(C)C5CC[C@@]4(C)[C@]3(C)CC[C@]21C. The monoisotopic (exact) mass is 440 g/mol. The Kier molecular flexibility index (Phi) is 5.05. The molecule has 5 aliphatic rings. The molecule has 0 N–H and O–H groups in total. The smallest absolute Gasteiger partial charge is 0.0635 e. The molecule has 0 saturated heterocycles. The number of hydrogen-bond acceptors (Lipinski definition) is 1. The van der Waals surface area contributed by atoms with Gasteiger partial charge in [0.1, 0.15) is 0 Å². The summed E-state index contributed by atoms with van der Waals surface area (Å²) in [6.45, 7) is 20.9. The third kappa shape index (κ3) is 2.85. The fourth-order valence-electron chi connectivity index (χ4n) is 11.1. The lowest BCUT2D eigenvalue weighted by Gasteiger charge is -2.71. The summed E-state index contributed by atoms with van der Waals surface area (Å²) in [5.41, 5.74) is 4.39. The molecule has 0 radical (unpaired) electrons. The van der Waals surface area contributed by atoms with Crippen LogP contribution in [0.5, 0.6) is 0 Å². The van der Waals surface area contributed by atoms with Crippen LogP contribution in [0.2, 0.25) is 0 Å². The van der Waals surface area contributed by atoms with E-state index in [1.807, 2.05) is 12.7 Å². The third-order valence-corrected chi connectivity index (χ3v) is 13.1. The maximum Gasteiger partial charge on any atom is 0.0635 e. The lowest BCUT2D eigenvalue weighted by Crippen LogP contribution is -2.64. The predicted molar refractivity (Wildman–Crippen MR) is 136 cm³/mol. The second-order valence-electron chi connectivity index (χ2n) is 15.5. The summed E-state index contributed by atoms with van der Waals surface area (Å²) in [7, 11) is 1.97. The van der Waals surface area contributed by atoms with E-state index < -0.39 is 0 Å². The first kappa shape index (κ1) is 23.4. The van der Waals surface area contributed by atoms with Crippen LogP contribution in [0.15, 0.2) is 11.6 Å². The largest absolute Gasteiger partial charge is 0.381 e. The van der Waals surface area contributed by atoms with Crippen molar-refractivity contribution in [3.05, 3.63) is 11.6 Å². The van der Waals surface area contributed by atoms with Crippen LogP contribution < -0.4 is 0 Å². The fourth-order valence-corrected chi connectivity index (χ4v) is 11.1. The first-order chi connectivity index (χ1) is 14.7. The average molecular weight is 441 g/mol. The number of ether oxygens (including phenoxy) is 1. The Labute approximate surface area is 199 Å². The molecular formula is C31H52O. The molecule has 0 amide bonds. The number of methoxy groups -OCH3 is 1. The standard InChI is InChI=1S/C31H52O/c1-26(2)19-22-21-11-12-24-29(6)15-10-14-27(3,4)23(29)13-16-31(24,8)30(21,7)18-17-28(22,5)25(20-26)32-9/h11,22-25H,10,12-20H2,1-9H3/t22-,23?,24-,25-,28-,29+,30-,31-/m1/s1. The minimum atomic E-state index is 0.312. The Morgan fingerprint density at radius 1 is 0.781 bits per heavy atom. The molecule has 0 bridgehead atoms. The number of allylic oxidation sites excluding steroid dienone is 2. The van der Waals surface area contributed by atoms with Crippen molar-refractivity contribution >= 4 is 0 Å². The fraction of sp³-hybridized carbons (Fsp3) is 0.935. The van der Waals surface area contributed by atoms with Crippen LogP contribution in [0.1, 0.15) is 120 Å². The molecule has 5 rings (SSSR count). The maximum absolute atomic E-state index is 6.23. The first-order valence-corrected chi connectivity index (χ1v) is 14.0. The van der Waals surface area contributed by atoms with Gasteiger partial charge in [-0.2, -0.15) is 0 Å². The summed E-state index contributed by atoms with van der Waals surface area (Å²) >= 11 is 0. The van der Waals surface area contributed by atoms with Gasteiger partial charge in [0.15, 0.2) is 0 Å². The second-order valence-corrected chi connectivity index (χ2v) is 15.5. The van der Waals surface area contributed by atoms with Crippen LogP contribution in [0.25, 0.3) is 0 Å². The zero-order chi connectivity index (χ0) is 23.4. The zero-order valence-corrected chi connectivity index (χ0v) is 22.9. The molecule has 1 unspecified atom stereocenters. The summed E-state index contributed by atoms with van der Waals surface area (Å²) in [5.74, 6) is 2.45. The number of hydrogen-bond donors (Lipinski definition) is 0. The highest BCUT2D eigenvalue weighted by Crippen LogP contribution is 2.75. The molecule has 0 aromatic carbocycles. The molecule has 182 valence electrons. The van der Waals surface area contributed by atoms with Gasteiger partial charge in [-0.25, -0.2) is 0 Å². The van der Waals surface area contributed by atoms with Gasteiger partial charge >= 0.3 is 0 Å². The molecule has 4 fully saturated rings. The molecular weight excluding hydrogens is 388 g/mol. The lowest BCUT2D eigenvalue weighted by molar-refractivity contribution is -0.190. The van der Waals surface area contributed by atoms with Crippen LogP contribution in [0.3, 0.4) is 0 Å². The molecule has 32 heavy (non-hydrogen) atoms.